The van der Waals surface area contributed by atoms with Crippen LogP contribution in [0.2, 0.25) is 0 Å². The molecule has 2 aromatic carbocycles. The summed E-state index contributed by atoms with van der Waals surface area (Å²) in [5.41, 5.74) is 7.27. The van der Waals surface area contributed by atoms with Crippen LogP contribution >= 0.6 is 0 Å². The smallest absolute Gasteiger partial charge is 0.408 e. The predicted molar refractivity (Wildman–Crippen MR) is 133 cm³/mol. The second-order valence-electron chi connectivity index (χ2n) is 7.83. The minimum atomic E-state index is -1.35. The van der Waals surface area contributed by atoms with E-state index in [0.717, 1.165) is 18.1 Å². The Morgan fingerprint density at radius 2 is 1.32 bits per heavy atom. The van der Waals surface area contributed by atoms with Crippen LogP contribution in [0.25, 0.3) is 0 Å². The molecule has 0 fully saturated rings. The van der Waals surface area contributed by atoms with E-state index in [1.54, 1.807) is 31.2 Å². The van der Waals surface area contributed by atoms with Gasteiger partial charge >= 0.3 is 30.0 Å². The average molecular weight is 533 g/mol. The summed E-state index contributed by atoms with van der Waals surface area (Å²) in [6, 6.07) is 15.9. The number of aliphatic carboxylic acids is 1. The van der Waals surface area contributed by atoms with Gasteiger partial charge in [-0.2, -0.15) is 0 Å². The molecule has 0 saturated heterocycles. The van der Waals surface area contributed by atoms with E-state index in [9.17, 15) is 24.0 Å². The molecule has 12 nitrogen and oxygen atoms in total. The van der Waals surface area contributed by atoms with E-state index in [1.807, 2.05) is 36.4 Å². The number of carboxylic acid groups (broad SMARTS) is 1. The van der Waals surface area contributed by atoms with E-state index in [-0.39, 0.29) is 13.2 Å². The first kappa shape index (κ1) is 31.6. The number of hydrogen-bond donors (Lipinski definition) is 3. The maximum atomic E-state index is 11.6. The van der Waals surface area contributed by atoms with E-state index in [2.05, 4.69) is 10.1 Å². The van der Waals surface area contributed by atoms with E-state index < -0.39 is 54.8 Å². The first-order valence-electron chi connectivity index (χ1n) is 11.5. The summed E-state index contributed by atoms with van der Waals surface area (Å²) < 4.78 is 19.3. The third kappa shape index (κ3) is 13.6. The van der Waals surface area contributed by atoms with Gasteiger partial charge in [0.25, 0.3) is 0 Å². The number of alkyl carbamates (subject to hydrolysis) is 1. The van der Waals surface area contributed by atoms with Gasteiger partial charge in [-0.1, -0.05) is 60.7 Å². The predicted octanol–water partition coefficient (Wildman–Crippen LogP) is 1.94. The van der Waals surface area contributed by atoms with Gasteiger partial charge in [-0.05, 0) is 18.1 Å². The standard InChI is InChI=1S/C13H15NO6.C13H17NO4/c1-9(15)19-8-11(12(16)17)14-13(18)20-7-10-5-3-2-4-6-10;1-9(18-10(2)15)12(14)13(16)17-8-11-6-4-3-5-7-11/h2-6,11H,7-8H2,1H3,(H,14,18)(H,16,17);3-7,9,12H,8,14H2,1-2H3/t11-;9-,12+/m01/s1. The Morgan fingerprint density at radius 1 is 0.816 bits per heavy atom. The van der Waals surface area contributed by atoms with Gasteiger partial charge in [0.15, 0.2) is 6.04 Å². The van der Waals surface area contributed by atoms with Crippen LogP contribution < -0.4 is 11.1 Å². The first-order valence-corrected chi connectivity index (χ1v) is 11.5. The third-order valence-corrected chi connectivity index (χ3v) is 4.61. The zero-order chi connectivity index (χ0) is 28.5. The number of nitrogens with one attached hydrogen (secondary N) is 1. The summed E-state index contributed by atoms with van der Waals surface area (Å²) in [5, 5.41) is 11.0. The minimum Gasteiger partial charge on any atom is -0.480 e. The molecular formula is C26H32N2O10. The summed E-state index contributed by atoms with van der Waals surface area (Å²) in [6.07, 6.45) is -1.60. The molecule has 0 aliphatic heterocycles. The van der Waals surface area contributed by atoms with E-state index in [4.69, 9.17) is 25.1 Å². The lowest BCUT2D eigenvalue weighted by atomic mass is 10.2. The second-order valence-corrected chi connectivity index (χ2v) is 7.83. The number of carbonyl (C=O) groups is 5. The fourth-order valence-electron chi connectivity index (χ4n) is 2.63. The molecule has 0 aliphatic carbocycles. The number of carboxylic acids is 1. The van der Waals surface area contributed by atoms with Crippen molar-refractivity contribution in [2.24, 2.45) is 5.73 Å². The van der Waals surface area contributed by atoms with Crippen molar-refractivity contribution in [2.45, 2.75) is 52.2 Å². The fraction of sp³-hybridized carbons (Fsp3) is 0.346. The van der Waals surface area contributed by atoms with Crippen LogP contribution in [0.4, 0.5) is 4.79 Å². The van der Waals surface area contributed by atoms with Crippen LogP contribution in [-0.4, -0.2) is 59.9 Å². The van der Waals surface area contributed by atoms with Gasteiger partial charge in [0.2, 0.25) is 0 Å². The third-order valence-electron chi connectivity index (χ3n) is 4.61. The molecule has 0 unspecified atom stereocenters. The minimum absolute atomic E-state index is 0.0204. The quantitative estimate of drug-likeness (QED) is 0.284. The number of hydrogen-bond acceptors (Lipinski definition) is 10. The van der Waals surface area contributed by atoms with Crippen molar-refractivity contribution in [1.82, 2.24) is 5.32 Å². The summed E-state index contributed by atoms with van der Waals surface area (Å²) in [7, 11) is 0. The summed E-state index contributed by atoms with van der Waals surface area (Å²) in [5.74, 6) is -3.01. The Hall–Kier alpha value is -4.45. The van der Waals surface area contributed by atoms with Crippen molar-refractivity contribution in [3.63, 3.8) is 0 Å². The lowest BCUT2D eigenvalue weighted by Gasteiger charge is -2.18. The van der Waals surface area contributed by atoms with Crippen molar-refractivity contribution in [3.05, 3.63) is 71.8 Å². The normalized spacial score (nSPS) is 12.3. The van der Waals surface area contributed by atoms with Gasteiger partial charge < -0.3 is 35.1 Å². The number of rotatable bonds is 11. The molecule has 38 heavy (non-hydrogen) atoms. The molecule has 2 aromatic rings. The molecule has 206 valence electrons. The number of nitrogens with two attached hydrogens (primary N) is 1. The van der Waals surface area contributed by atoms with Crippen molar-refractivity contribution in [2.75, 3.05) is 6.61 Å². The highest BCUT2D eigenvalue weighted by atomic mass is 16.6. The van der Waals surface area contributed by atoms with E-state index in [0.29, 0.717) is 0 Å². The Morgan fingerprint density at radius 3 is 1.76 bits per heavy atom. The van der Waals surface area contributed by atoms with Gasteiger partial charge in [0, 0.05) is 13.8 Å². The Labute approximate surface area is 220 Å². The lowest BCUT2D eigenvalue weighted by molar-refractivity contribution is -0.156. The highest BCUT2D eigenvalue weighted by Gasteiger charge is 2.25. The molecular weight excluding hydrogens is 500 g/mol. The second kappa shape index (κ2) is 17.1. The largest absolute Gasteiger partial charge is 0.480 e. The molecule has 0 radical (unpaired) electrons. The Balaban J connectivity index is 0.000000382. The molecule has 3 atom stereocenters. The molecule has 0 heterocycles. The Bertz CT molecular complexity index is 1050. The van der Waals surface area contributed by atoms with Crippen LogP contribution in [0.5, 0.6) is 0 Å². The van der Waals surface area contributed by atoms with E-state index >= 15 is 0 Å². The molecule has 12 heteroatoms. The zero-order valence-corrected chi connectivity index (χ0v) is 21.3. The zero-order valence-electron chi connectivity index (χ0n) is 21.3. The Kier molecular flexibility index (Phi) is 14.2. The van der Waals surface area contributed by atoms with Crippen molar-refractivity contribution < 1.29 is 48.0 Å². The highest BCUT2D eigenvalue weighted by Crippen LogP contribution is 2.05. The van der Waals surface area contributed by atoms with Crippen LogP contribution in [0, 0.1) is 0 Å². The maximum absolute atomic E-state index is 11.6. The highest BCUT2D eigenvalue weighted by molar-refractivity contribution is 5.80. The van der Waals surface area contributed by atoms with Gasteiger partial charge in [0.1, 0.15) is 32.0 Å². The number of esters is 3. The molecule has 2 rings (SSSR count). The average Bonchev–Trinajstić information content (AvgIpc) is 2.89. The lowest BCUT2D eigenvalue weighted by Crippen LogP contribution is -2.44. The number of amides is 1. The maximum Gasteiger partial charge on any atom is 0.408 e. The van der Waals surface area contributed by atoms with E-state index in [1.165, 1.54) is 6.92 Å². The summed E-state index contributed by atoms with van der Waals surface area (Å²) in [6.45, 7) is 3.68. The molecule has 0 bridgehead atoms. The molecule has 0 aliphatic rings. The van der Waals surface area contributed by atoms with Crippen LogP contribution in [0.15, 0.2) is 60.7 Å². The van der Waals surface area contributed by atoms with Crippen LogP contribution in [0.1, 0.15) is 31.9 Å². The first-order chi connectivity index (χ1) is 18.0. The SMILES string of the molecule is CC(=O)OC[C@H](NC(=O)OCc1ccccc1)C(=O)O.CC(=O)O[C@H](C)[C@H](N)C(=O)OCc1ccccc1. The van der Waals surface area contributed by atoms with Crippen LogP contribution in [-0.2, 0) is 51.3 Å². The molecule has 0 aromatic heterocycles. The number of benzene rings is 2. The summed E-state index contributed by atoms with van der Waals surface area (Å²) >= 11 is 0. The topological polar surface area (TPSA) is 181 Å². The van der Waals surface area contributed by atoms with Crippen LogP contribution in [0.3, 0.4) is 0 Å². The molecule has 0 spiro atoms. The molecule has 4 N–H and O–H groups in total. The van der Waals surface area contributed by atoms with Crippen molar-refractivity contribution >= 4 is 30.0 Å². The van der Waals surface area contributed by atoms with Crippen molar-refractivity contribution in [3.8, 4) is 0 Å². The molecule has 0 saturated carbocycles. The van der Waals surface area contributed by atoms with Gasteiger partial charge in [-0.25, -0.2) is 9.59 Å². The van der Waals surface area contributed by atoms with Crippen molar-refractivity contribution in [1.29, 1.82) is 0 Å². The van der Waals surface area contributed by atoms with Gasteiger partial charge in [0.05, 0.1) is 0 Å². The number of ether oxygens (including phenoxy) is 4. The monoisotopic (exact) mass is 532 g/mol. The summed E-state index contributed by atoms with van der Waals surface area (Å²) in [4.78, 5) is 55.2. The molecule has 1 amide bonds. The van der Waals surface area contributed by atoms with Gasteiger partial charge in [-0.3, -0.25) is 14.4 Å². The number of carbonyl (C=O) groups excluding carboxylic acids is 4. The van der Waals surface area contributed by atoms with Gasteiger partial charge in [-0.15, -0.1) is 0 Å². The fourth-order valence-corrected chi connectivity index (χ4v) is 2.63.